The number of aryl methyl sites for hydroxylation is 1. The number of thiophene rings is 1. The van der Waals surface area contributed by atoms with Gasteiger partial charge in [0.05, 0.1) is 5.00 Å². The Bertz CT molecular complexity index is 356. The van der Waals surface area contributed by atoms with E-state index in [1.165, 1.54) is 29.7 Å². The Morgan fingerprint density at radius 2 is 2.43 bits per heavy atom. The first kappa shape index (κ1) is 9.71. The van der Waals surface area contributed by atoms with Gasteiger partial charge in [0.1, 0.15) is 0 Å². The lowest BCUT2D eigenvalue weighted by molar-refractivity contribution is -0.114. The maximum atomic E-state index is 10.9. The first-order chi connectivity index (χ1) is 6.65. The van der Waals surface area contributed by atoms with Crippen LogP contribution in [0.4, 0.5) is 5.00 Å². The molecule has 0 spiro atoms. The van der Waals surface area contributed by atoms with Crippen LogP contribution in [0.5, 0.6) is 0 Å². The van der Waals surface area contributed by atoms with E-state index in [1.807, 2.05) is 0 Å². The predicted molar refractivity (Wildman–Crippen MR) is 59.8 cm³/mol. The van der Waals surface area contributed by atoms with E-state index >= 15 is 0 Å². The van der Waals surface area contributed by atoms with E-state index < -0.39 is 0 Å². The van der Waals surface area contributed by atoms with Crippen LogP contribution < -0.4 is 5.32 Å². The smallest absolute Gasteiger partial charge is 0.221 e. The van der Waals surface area contributed by atoms with Crippen LogP contribution in [-0.4, -0.2) is 5.91 Å². The fourth-order valence-corrected chi connectivity index (χ4v) is 3.23. The zero-order valence-corrected chi connectivity index (χ0v) is 9.41. The molecule has 1 heterocycles. The highest BCUT2D eigenvalue weighted by molar-refractivity contribution is 7.16. The summed E-state index contributed by atoms with van der Waals surface area (Å²) in [4.78, 5) is 12.4. The van der Waals surface area contributed by atoms with Crippen LogP contribution in [0.1, 0.15) is 30.7 Å². The number of fused-ring (bicyclic) bond motifs is 1. The van der Waals surface area contributed by atoms with Gasteiger partial charge in [0, 0.05) is 11.8 Å². The zero-order valence-electron chi connectivity index (χ0n) is 8.59. The number of hydrogen-bond donors (Lipinski definition) is 1. The summed E-state index contributed by atoms with van der Waals surface area (Å²) in [7, 11) is 0. The molecule has 1 N–H and O–H groups in total. The minimum Gasteiger partial charge on any atom is -0.318 e. The third-order valence-electron chi connectivity index (χ3n) is 2.64. The minimum atomic E-state index is 0.0247. The summed E-state index contributed by atoms with van der Waals surface area (Å²) >= 11 is 1.74. The Balaban J connectivity index is 2.19. The molecule has 0 aromatic carbocycles. The van der Waals surface area contributed by atoms with Gasteiger partial charge in [0.25, 0.3) is 0 Å². The summed E-state index contributed by atoms with van der Waals surface area (Å²) in [5.41, 5.74) is 1.44. The highest BCUT2D eigenvalue weighted by atomic mass is 32.1. The largest absolute Gasteiger partial charge is 0.318 e. The SMILES string of the molecule is CC(=O)Nc1cc2c(s1)CC(C)CC2. The van der Waals surface area contributed by atoms with E-state index in [-0.39, 0.29) is 5.91 Å². The first-order valence-corrected chi connectivity index (χ1v) is 5.86. The van der Waals surface area contributed by atoms with Crippen molar-refractivity contribution in [3.05, 3.63) is 16.5 Å². The second-order valence-corrected chi connectivity index (χ2v) is 5.22. The molecule has 1 aromatic heterocycles. The number of carbonyl (C=O) groups is 1. The fraction of sp³-hybridized carbons (Fsp3) is 0.545. The Morgan fingerprint density at radius 3 is 3.14 bits per heavy atom. The van der Waals surface area contributed by atoms with Crippen molar-refractivity contribution in [3.8, 4) is 0 Å². The highest BCUT2D eigenvalue weighted by Crippen LogP contribution is 2.34. The summed E-state index contributed by atoms with van der Waals surface area (Å²) in [6.07, 6.45) is 3.63. The van der Waals surface area contributed by atoms with Gasteiger partial charge in [0.15, 0.2) is 0 Å². The molecule has 0 radical (unpaired) electrons. The fourth-order valence-electron chi connectivity index (χ4n) is 1.91. The van der Waals surface area contributed by atoms with Crippen molar-refractivity contribution in [1.82, 2.24) is 0 Å². The molecule has 0 saturated heterocycles. The molecule has 76 valence electrons. The number of anilines is 1. The normalized spacial score (nSPS) is 20.3. The lowest BCUT2D eigenvalue weighted by Gasteiger charge is -2.16. The van der Waals surface area contributed by atoms with Crippen LogP contribution in [-0.2, 0) is 17.6 Å². The van der Waals surface area contributed by atoms with E-state index in [0.717, 1.165) is 10.9 Å². The number of nitrogens with one attached hydrogen (secondary N) is 1. The monoisotopic (exact) mass is 209 g/mol. The van der Waals surface area contributed by atoms with Crippen molar-refractivity contribution >= 4 is 22.2 Å². The van der Waals surface area contributed by atoms with Crippen LogP contribution in [0.3, 0.4) is 0 Å². The number of amides is 1. The maximum absolute atomic E-state index is 10.9. The quantitative estimate of drug-likeness (QED) is 0.757. The summed E-state index contributed by atoms with van der Waals surface area (Å²) in [6.45, 7) is 3.85. The van der Waals surface area contributed by atoms with Gasteiger partial charge in [-0.2, -0.15) is 0 Å². The van der Waals surface area contributed by atoms with Gasteiger partial charge in [-0.15, -0.1) is 11.3 Å². The van der Waals surface area contributed by atoms with E-state index in [2.05, 4.69) is 18.3 Å². The lowest BCUT2D eigenvalue weighted by atomic mass is 9.91. The van der Waals surface area contributed by atoms with Crippen LogP contribution >= 0.6 is 11.3 Å². The molecule has 0 saturated carbocycles. The molecule has 1 aliphatic rings. The first-order valence-electron chi connectivity index (χ1n) is 5.04. The van der Waals surface area contributed by atoms with Crippen LogP contribution in [0.15, 0.2) is 6.07 Å². The number of hydrogen-bond acceptors (Lipinski definition) is 2. The molecule has 0 bridgehead atoms. The molecule has 3 heteroatoms. The summed E-state index contributed by atoms with van der Waals surface area (Å²) in [5, 5.41) is 3.87. The molecule has 0 aliphatic heterocycles. The lowest BCUT2D eigenvalue weighted by Crippen LogP contribution is -2.07. The van der Waals surface area contributed by atoms with Crippen molar-refractivity contribution in [2.24, 2.45) is 5.92 Å². The molecule has 14 heavy (non-hydrogen) atoms. The number of rotatable bonds is 1. The molecule has 1 aromatic rings. The van der Waals surface area contributed by atoms with E-state index in [0.29, 0.717) is 0 Å². The maximum Gasteiger partial charge on any atom is 0.221 e. The Labute approximate surface area is 88.3 Å². The molecule has 2 nitrogen and oxygen atoms in total. The zero-order chi connectivity index (χ0) is 10.1. The molecular formula is C11H15NOS. The van der Waals surface area contributed by atoms with Crippen molar-refractivity contribution in [2.45, 2.75) is 33.1 Å². The summed E-state index contributed by atoms with van der Waals surface area (Å²) in [6, 6.07) is 2.13. The van der Waals surface area contributed by atoms with Gasteiger partial charge < -0.3 is 5.32 Å². The topological polar surface area (TPSA) is 29.1 Å². The van der Waals surface area contributed by atoms with Crippen molar-refractivity contribution in [3.63, 3.8) is 0 Å². The van der Waals surface area contributed by atoms with Crippen LogP contribution in [0.2, 0.25) is 0 Å². The van der Waals surface area contributed by atoms with Crippen molar-refractivity contribution in [2.75, 3.05) is 5.32 Å². The summed E-state index contributed by atoms with van der Waals surface area (Å²) in [5.74, 6) is 0.822. The Hall–Kier alpha value is -0.830. The average molecular weight is 209 g/mol. The van der Waals surface area contributed by atoms with Crippen LogP contribution in [0.25, 0.3) is 0 Å². The van der Waals surface area contributed by atoms with E-state index in [1.54, 1.807) is 18.3 Å². The molecule has 1 aliphatic carbocycles. The van der Waals surface area contributed by atoms with E-state index in [9.17, 15) is 4.79 Å². The third-order valence-corrected chi connectivity index (χ3v) is 3.75. The molecule has 1 unspecified atom stereocenters. The summed E-state index contributed by atoms with van der Waals surface area (Å²) < 4.78 is 0. The molecule has 0 fully saturated rings. The van der Waals surface area contributed by atoms with Gasteiger partial charge in [-0.1, -0.05) is 6.92 Å². The highest BCUT2D eigenvalue weighted by Gasteiger charge is 2.18. The Morgan fingerprint density at radius 1 is 1.64 bits per heavy atom. The van der Waals surface area contributed by atoms with Gasteiger partial charge in [-0.05, 0) is 36.8 Å². The molecule has 1 amide bonds. The van der Waals surface area contributed by atoms with Gasteiger partial charge in [0.2, 0.25) is 5.91 Å². The predicted octanol–water partition coefficient (Wildman–Crippen LogP) is 2.83. The average Bonchev–Trinajstić information content (AvgIpc) is 2.44. The van der Waals surface area contributed by atoms with Gasteiger partial charge in [-0.3, -0.25) is 4.79 Å². The molecule has 1 atom stereocenters. The van der Waals surface area contributed by atoms with Crippen molar-refractivity contribution in [1.29, 1.82) is 0 Å². The van der Waals surface area contributed by atoms with Crippen molar-refractivity contribution < 1.29 is 4.79 Å². The van der Waals surface area contributed by atoms with E-state index in [4.69, 9.17) is 0 Å². The van der Waals surface area contributed by atoms with Crippen LogP contribution in [0, 0.1) is 5.92 Å². The Kier molecular flexibility index (Phi) is 2.59. The van der Waals surface area contributed by atoms with Gasteiger partial charge in [-0.25, -0.2) is 0 Å². The third kappa shape index (κ3) is 1.98. The van der Waals surface area contributed by atoms with Gasteiger partial charge >= 0.3 is 0 Å². The second-order valence-electron chi connectivity index (χ2n) is 4.09. The second kappa shape index (κ2) is 3.73. The number of carbonyl (C=O) groups excluding carboxylic acids is 1. The minimum absolute atomic E-state index is 0.0247. The molecule has 2 rings (SSSR count). The molecular weight excluding hydrogens is 194 g/mol. The standard InChI is InChI=1S/C11H15NOS/c1-7-3-4-9-6-11(12-8(2)13)14-10(9)5-7/h6-7H,3-5H2,1-2H3,(H,12,13).